The van der Waals surface area contributed by atoms with Crippen LogP contribution in [-0.2, 0) is 4.79 Å². The second-order valence-corrected chi connectivity index (χ2v) is 5.33. The number of amides is 1. The monoisotopic (exact) mass is 313 g/mol. The number of benzene rings is 2. The molecule has 120 valence electrons. The Labute approximate surface area is 134 Å². The van der Waals surface area contributed by atoms with Gasteiger partial charge in [0.25, 0.3) is 5.91 Å². The van der Waals surface area contributed by atoms with Gasteiger partial charge in [-0.2, -0.15) is 0 Å². The average molecular weight is 313 g/mol. The van der Waals surface area contributed by atoms with E-state index in [-0.39, 0.29) is 11.5 Å². The van der Waals surface area contributed by atoms with Crippen molar-refractivity contribution in [1.82, 2.24) is 0 Å². The van der Waals surface area contributed by atoms with E-state index in [1.807, 2.05) is 32.0 Å². The summed E-state index contributed by atoms with van der Waals surface area (Å²) in [7, 11) is 0. The minimum Gasteiger partial charge on any atom is -0.481 e. The molecule has 0 aliphatic rings. The first-order chi connectivity index (χ1) is 10.9. The number of aromatic carboxylic acids is 1. The molecule has 5 heteroatoms. The van der Waals surface area contributed by atoms with E-state index >= 15 is 0 Å². The van der Waals surface area contributed by atoms with Gasteiger partial charge in [0.1, 0.15) is 5.75 Å². The summed E-state index contributed by atoms with van der Waals surface area (Å²) >= 11 is 0. The van der Waals surface area contributed by atoms with Crippen LogP contribution in [-0.4, -0.2) is 23.1 Å². The molecule has 1 amide bonds. The van der Waals surface area contributed by atoms with Crippen molar-refractivity contribution in [1.29, 1.82) is 0 Å². The number of anilines is 1. The molecule has 0 bridgehead atoms. The molecule has 0 saturated carbocycles. The maximum atomic E-state index is 12.2. The highest BCUT2D eigenvalue weighted by Crippen LogP contribution is 2.22. The topological polar surface area (TPSA) is 75.6 Å². The number of aryl methyl sites for hydroxylation is 1. The Balaban J connectivity index is 2.02. The van der Waals surface area contributed by atoms with Gasteiger partial charge in [0.05, 0.1) is 5.56 Å². The summed E-state index contributed by atoms with van der Waals surface area (Å²) in [6.07, 6.45) is -0.672. The Hall–Kier alpha value is -2.82. The summed E-state index contributed by atoms with van der Waals surface area (Å²) in [6.45, 7) is 5.60. The lowest BCUT2D eigenvalue weighted by molar-refractivity contribution is -0.122. The first-order valence-corrected chi connectivity index (χ1v) is 7.25. The Morgan fingerprint density at radius 1 is 1.09 bits per heavy atom. The quantitative estimate of drug-likeness (QED) is 0.887. The molecule has 0 spiro atoms. The van der Waals surface area contributed by atoms with Crippen LogP contribution in [0.25, 0.3) is 0 Å². The summed E-state index contributed by atoms with van der Waals surface area (Å²) in [5.41, 5.74) is 2.79. The fourth-order valence-corrected chi connectivity index (χ4v) is 2.04. The molecule has 0 unspecified atom stereocenters. The van der Waals surface area contributed by atoms with Gasteiger partial charge in [-0.05, 0) is 62.2 Å². The molecule has 0 aliphatic carbocycles. The normalized spacial score (nSPS) is 11.6. The van der Waals surface area contributed by atoms with E-state index in [9.17, 15) is 9.59 Å². The predicted molar refractivity (Wildman–Crippen MR) is 88.0 cm³/mol. The van der Waals surface area contributed by atoms with E-state index in [0.717, 1.165) is 11.1 Å². The van der Waals surface area contributed by atoms with Crippen molar-refractivity contribution in [3.63, 3.8) is 0 Å². The van der Waals surface area contributed by atoms with E-state index in [1.54, 1.807) is 19.1 Å². The van der Waals surface area contributed by atoms with Crippen molar-refractivity contribution < 1.29 is 19.4 Å². The fraction of sp³-hybridized carbons (Fsp3) is 0.222. The third-order valence-electron chi connectivity index (χ3n) is 3.63. The summed E-state index contributed by atoms with van der Waals surface area (Å²) < 4.78 is 5.72. The molecule has 2 aromatic carbocycles. The van der Waals surface area contributed by atoms with Gasteiger partial charge in [-0.3, -0.25) is 4.79 Å². The zero-order chi connectivity index (χ0) is 17.0. The van der Waals surface area contributed by atoms with Crippen LogP contribution < -0.4 is 10.1 Å². The molecule has 5 nitrogen and oxygen atoms in total. The molecule has 1 atom stereocenters. The van der Waals surface area contributed by atoms with Gasteiger partial charge in [-0.15, -0.1) is 0 Å². The molecular weight excluding hydrogens is 294 g/mol. The van der Waals surface area contributed by atoms with E-state index in [0.29, 0.717) is 11.4 Å². The Morgan fingerprint density at radius 2 is 1.74 bits per heavy atom. The van der Waals surface area contributed by atoms with Crippen LogP contribution in [0.2, 0.25) is 0 Å². The number of carbonyl (C=O) groups excluding carboxylic acids is 1. The second kappa shape index (κ2) is 6.96. The first kappa shape index (κ1) is 16.5. The highest BCUT2D eigenvalue weighted by Gasteiger charge is 2.16. The number of nitrogens with one attached hydrogen (secondary N) is 1. The number of carbonyl (C=O) groups is 2. The third-order valence-corrected chi connectivity index (χ3v) is 3.63. The molecule has 23 heavy (non-hydrogen) atoms. The lowest BCUT2D eigenvalue weighted by Gasteiger charge is -2.17. The van der Waals surface area contributed by atoms with E-state index in [2.05, 4.69) is 5.32 Å². The third kappa shape index (κ3) is 4.10. The molecule has 0 heterocycles. The van der Waals surface area contributed by atoms with Crippen LogP contribution >= 0.6 is 0 Å². The van der Waals surface area contributed by atoms with Gasteiger partial charge in [-0.1, -0.05) is 12.1 Å². The van der Waals surface area contributed by atoms with Crippen LogP contribution in [0.1, 0.15) is 28.4 Å². The van der Waals surface area contributed by atoms with Crippen molar-refractivity contribution in [2.24, 2.45) is 0 Å². The standard InChI is InChI=1S/C18H19NO4/c1-11-5-4-6-16(12(11)2)23-13(3)17(20)19-15-9-7-14(8-10-15)18(21)22/h4-10,13H,1-3H3,(H,19,20)(H,21,22)/t13-/m1/s1. The van der Waals surface area contributed by atoms with Crippen LogP contribution in [0.5, 0.6) is 5.75 Å². The van der Waals surface area contributed by atoms with Gasteiger partial charge in [0.15, 0.2) is 6.10 Å². The van der Waals surface area contributed by atoms with Crippen LogP contribution in [0, 0.1) is 13.8 Å². The van der Waals surface area contributed by atoms with Gasteiger partial charge in [-0.25, -0.2) is 4.79 Å². The van der Waals surface area contributed by atoms with Crippen molar-refractivity contribution in [2.45, 2.75) is 26.9 Å². The molecule has 0 aliphatic heterocycles. The smallest absolute Gasteiger partial charge is 0.335 e. The highest BCUT2D eigenvalue weighted by atomic mass is 16.5. The Bertz CT molecular complexity index is 722. The number of carboxylic acids is 1. The molecule has 0 saturated heterocycles. The van der Waals surface area contributed by atoms with Gasteiger partial charge in [0.2, 0.25) is 0 Å². The molecule has 0 radical (unpaired) electrons. The van der Waals surface area contributed by atoms with Gasteiger partial charge in [0, 0.05) is 5.69 Å². The molecular formula is C18H19NO4. The maximum absolute atomic E-state index is 12.2. The SMILES string of the molecule is Cc1cccc(O[C@H](C)C(=O)Nc2ccc(C(=O)O)cc2)c1C. The van der Waals surface area contributed by atoms with Crippen molar-refractivity contribution in [2.75, 3.05) is 5.32 Å². The second-order valence-electron chi connectivity index (χ2n) is 5.33. The van der Waals surface area contributed by atoms with Gasteiger partial charge < -0.3 is 15.2 Å². The zero-order valence-corrected chi connectivity index (χ0v) is 13.3. The molecule has 0 aromatic heterocycles. The fourth-order valence-electron chi connectivity index (χ4n) is 2.04. The van der Waals surface area contributed by atoms with Crippen molar-refractivity contribution in [3.8, 4) is 5.75 Å². The van der Waals surface area contributed by atoms with E-state index < -0.39 is 12.1 Å². The average Bonchev–Trinajstić information content (AvgIpc) is 2.52. The lowest BCUT2D eigenvalue weighted by atomic mass is 10.1. The minimum absolute atomic E-state index is 0.169. The van der Waals surface area contributed by atoms with Crippen LogP contribution in [0.4, 0.5) is 5.69 Å². The number of ether oxygens (including phenoxy) is 1. The van der Waals surface area contributed by atoms with E-state index in [4.69, 9.17) is 9.84 Å². The first-order valence-electron chi connectivity index (χ1n) is 7.25. The van der Waals surface area contributed by atoms with E-state index in [1.165, 1.54) is 12.1 Å². The predicted octanol–water partition coefficient (Wildman–Crippen LogP) is 3.41. The lowest BCUT2D eigenvalue weighted by Crippen LogP contribution is -2.30. The molecule has 0 fully saturated rings. The number of hydrogen-bond acceptors (Lipinski definition) is 3. The highest BCUT2D eigenvalue weighted by molar-refractivity contribution is 5.95. The number of rotatable bonds is 5. The maximum Gasteiger partial charge on any atom is 0.335 e. The minimum atomic E-state index is -1.01. The van der Waals surface area contributed by atoms with Crippen molar-refractivity contribution in [3.05, 3.63) is 59.2 Å². The summed E-state index contributed by atoms with van der Waals surface area (Å²) in [4.78, 5) is 23.0. The number of carboxylic acid groups (broad SMARTS) is 1. The summed E-state index contributed by atoms with van der Waals surface area (Å²) in [6, 6.07) is 11.7. The molecule has 2 rings (SSSR count). The summed E-state index contributed by atoms with van der Waals surface area (Å²) in [5.74, 6) is -0.627. The van der Waals surface area contributed by atoms with Gasteiger partial charge >= 0.3 is 5.97 Å². The largest absolute Gasteiger partial charge is 0.481 e. The zero-order valence-electron chi connectivity index (χ0n) is 13.3. The molecule has 2 N–H and O–H groups in total. The van der Waals surface area contributed by atoms with Crippen LogP contribution in [0.3, 0.4) is 0 Å². The van der Waals surface area contributed by atoms with Crippen molar-refractivity contribution >= 4 is 17.6 Å². The summed E-state index contributed by atoms with van der Waals surface area (Å²) in [5, 5.41) is 11.6. The molecule has 2 aromatic rings. The Morgan fingerprint density at radius 3 is 2.35 bits per heavy atom. The Kier molecular flexibility index (Phi) is 5.01. The van der Waals surface area contributed by atoms with Crippen LogP contribution in [0.15, 0.2) is 42.5 Å². The number of hydrogen-bond donors (Lipinski definition) is 2.